The first-order valence-electron chi connectivity index (χ1n) is 12.4. The fraction of sp³-hybridized carbons (Fsp3) is 0.536. The number of hydrogen-bond acceptors (Lipinski definition) is 7. The van der Waals surface area contributed by atoms with Gasteiger partial charge in [-0.25, -0.2) is 0 Å². The number of ether oxygens (including phenoxy) is 5. The zero-order chi connectivity index (χ0) is 26.7. The summed E-state index contributed by atoms with van der Waals surface area (Å²) in [5.41, 5.74) is 7.89. The summed E-state index contributed by atoms with van der Waals surface area (Å²) in [6, 6.07) is 12.5. The number of benzene rings is 2. The van der Waals surface area contributed by atoms with Crippen LogP contribution in [0, 0.1) is 0 Å². The number of carbonyl (C=O) groups excluding carboxylic acids is 1. The molecule has 0 heterocycles. The second-order valence-electron chi connectivity index (χ2n) is 9.38. The number of methoxy groups -OCH3 is 2. The van der Waals surface area contributed by atoms with Gasteiger partial charge in [0, 0.05) is 25.3 Å². The quantitative estimate of drug-likeness (QED) is 0.388. The molecule has 0 saturated heterocycles. The molecule has 2 aromatic carbocycles. The molecule has 0 fully saturated rings. The van der Waals surface area contributed by atoms with Crippen molar-refractivity contribution in [2.75, 3.05) is 34.0 Å². The molecule has 200 valence electrons. The zero-order valence-corrected chi connectivity index (χ0v) is 22.7. The fourth-order valence-corrected chi connectivity index (χ4v) is 3.84. The van der Waals surface area contributed by atoms with Crippen molar-refractivity contribution in [2.45, 2.75) is 65.5 Å². The van der Waals surface area contributed by atoms with Gasteiger partial charge in [0.25, 0.3) is 0 Å². The largest absolute Gasteiger partial charge is 0.493 e. The van der Waals surface area contributed by atoms with E-state index in [1.165, 1.54) is 0 Å². The maximum atomic E-state index is 13.6. The molecule has 0 aliphatic rings. The Kier molecular flexibility index (Phi) is 11.5. The first-order chi connectivity index (χ1) is 17.1. The van der Waals surface area contributed by atoms with E-state index >= 15 is 0 Å². The molecular weight excluding hydrogens is 460 g/mol. The lowest BCUT2D eigenvalue weighted by Crippen LogP contribution is -2.48. The average Bonchev–Trinajstić information content (AvgIpc) is 2.83. The Morgan fingerprint density at radius 1 is 0.972 bits per heavy atom. The van der Waals surface area contributed by atoms with Crippen molar-refractivity contribution in [2.24, 2.45) is 5.73 Å². The molecule has 8 nitrogen and oxygen atoms in total. The van der Waals surface area contributed by atoms with E-state index in [1.807, 2.05) is 77.1 Å². The molecular formula is C28H42N2O6. The highest BCUT2D eigenvalue weighted by Gasteiger charge is 2.26. The highest BCUT2D eigenvalue weighted by Crippen LogP contribution is 2.32. The summed E-state index contributed by atoms with van der Waals surface area (Å²) in [5.74, 6) is 1.73. The van der Waals surface area contributed by atoms with Gasteiger partial charge in [-0.1, -0.05) is 24.3 Å². The van der Waals surface area contributed by atoms with Gasteiger partial charge in [-0.15, -0.1) is 0 Å². The number of nitrogens with zero attached hydrogens (tertiary/aromatic N) is 1. The molecule has 1 atom stereocenters. The monoisotopic (exact) mass is 502 g/mol. The number of carbonyl (C=O) groups is 1. The summed E-state index contributed by atoms with van der Waals surface area (Å²) >= 11 is 0. The van der Waals surface area contributed by atoms with Crippen LogP contribution in [0.5, 0.6) is 17.2 Å². The second kappa shape index (κ2) is 14.1. The summed E-state index contributed by atoms with van der Waals surface area (Å²) in [6.07, 6.45) is -0.185. The molecule has 2 rings (SSSR count). The van der Waals surface area contributed by atoms with Crippen LogP contribution in [0.1, 0.15) is 45.7 Å². The molecule has 2 N–H and O–H groups in total. The Morgan fingerprint density at radius 3 is 2.14 bits per heavy atom. The minimum atomic E-state index is -0.750. The molecule has 2 aromatic rings. The maximum absolute atomic E-state index is 13.6. The topological polar surface area (TPSA) is 92.5 Å². The number of rotatable bonds is 14. The van der Waals surface area contributed by atoms with E-state index in [0.29, 0.717) is 31.1 Å². The fourth-order valence-electron chi connectivity index (χ4n) is 3.84. The van der Waals surface area contributed by atoms with Gasteiger partial charge in [-0.05, 0) is 64.8 Å². The van der Waals surface area contributed by atoms with Crippen LogP contribution >= 0.6 is 0 Å². The Morgan fingerprint density at radius 2 is 1.61 bits per heavy atom. The smallest absolute Gasteiger partial charge is 0.240 e. The molecule has 0 saturated carbocycles. The number of nitrogens with two attached hydrogens (primary N) is 1. The third kappa shape index (κ3) is 9.00. The van der Waals surface area contributed by atoms with Crippen LogP contribution < -0.4 is 19.9 Å². The summed E-state index contributed by atoms with van der Waals surface area (Å²) in [6.45, 7) is 11.2. The molecule has 0 bridgehead atoms. The van der Waals surface area contributed by atoms with Gasteiger partial charge in [0.2, 0.25) is 5.91 Å². The lowest BCUT2D eigenvalue weighted by Gasteiger charge is -2.30. The van der Waals surface area contributed by atoms with E-state index in [2.05, 4.69) is 0 Å². The van der Waals surface area contributed by atoms with Gasteiger partial charge >= 0.3 is 0 Å². The highest BCUT2D eigenvalue weighted by atomic mass is 16.7. The van der Waals surface area contributed by atoms with Crippen LogP contribution in [0.15, 0.2) is 42.5 Å². The first-order valence-corrected chi connectivity index (χ1v) is 12.4. The van der Waals surface area contributed by atoms with Crippen LogP contribution in [0.4, 0.5) is 0 Å². The Labute approximate surface area is 215 Å². The van der Waals surface area contributed by atoms with Crippen LogP contribution in [-0.2, 0) is 27.2 Å². The average molecular weight is 503 g/mol. The van der Waals surface area contributed by atoms with E-state index in [0.717, 1.165) is 16.9 Å². The SMILES string of the molecule is CCOC(CN(Cc1cccc(OC)c1OC)C(=O)C(N)Cc1ccc(OC(C)(C)C)cc1)OCC. The Bertz CT molecular complexity index is 936. The molecule has 0 aliphatic carbocycles. The Balaban J connectivity index is 2.25. The van der Waals surface area contributed by atoms with Crippen LogP contribution in [0.25, 0.3) is 0 Å². The van der Waals surface area contributed by atoms with E-state index in [9.17, 15) is 4.79 Å². The van der Waals surface area contributed by atoms with Crippen molar-refractivity contribution in [3.8, 4) is 17.2 Å². The lowest BCUT2D eigenvalue weighted by molar-refractivity contribution is -0.160. The molecule has 0 aliphatic heterocycles. The van der Waals surface area contributed by atoms with Crippen molar-refractivity contribution in [3.63, 3.8) is 0 Å². The summed E-state index contributed by atoms with van der Waals surface area (Å²) in [5, 5.41) is 0. The molecule has 0 spiro atoms. The van der Waals surface area contributed by atoms with Crippen molar-refractivity contribution < 1.29 is 28.5 Å². The molecule has 1 unspecified atom stereocenters. The van der Waals surface area contributed by atoms with E-state index in [4.69, 9.17) is 29.4 Å². The summed E-state index contributed by atoms with van der Waals surface area (Å²) in [7, 11) is 3.16. The van der Waals surface area contributed by atoms with Crippen molar-refractivity contribution >= 4 is 5.91 Å². The first kappa shape index (κ1) is 29.4. The second-order valence-corrected chi connectivity index (χ2v) is 9.38. The van der Waals surface area contributed by atoms with Gasteiger partial charge < -0.3 is 34.3 Å². The molecule has 1 amide bonds. The summed E-state index contributed by atoms with van der Waals surface area (Å²) in [4.78, 5) is 15.3. The minimum Gasteiger partial charge on any atom is -0.493 e. The zero-order valence-electron chi connectivity index (χ0n) is 22.7. The van der Waals surface area contributed by atoms with E-state index in [-0.39, 0.29) is 24.6 Å². The van der Waals surface area contributed by atoms with Gasteiger partial charge in [-0.2, -0.15) is 0 Å². The normalized spacial score (nSPS) is 12.4. The van der Waals surface area contributed by atoms with Crippen LogP contribution in [0.3, 0.4) is 0 Å². The third-order valence-electron chi connectivity index (χ3n) is 5.35. The van der Waals surface area contributed by atoms with Gasteiger partial charge in [0.1, 0.15) is 11.4 Å². The minimum absolute atomic E-state index is 0.209. The van der Waals surface area contributed by atoms with Crippen LogP contribution in [0.2, 0.25) is 0 Å². The molecule has 0 aromatic heterocycles. The Hall–Kier alpha value is -2.81. The molecule has 36 heavy (non-hydrogen) atoms. The van der Waals surface area contributed by atoms with E-state index in [1.54, 1.807) is 19.1 Å². The van der Waals surface area contributed by atoms with Gasteiger partial charge in [0.05, 0.1) is 26.8 Å². The molecule has 0 radical (unpaired) electrons. The van der Waals surface area contributed by atoms with Crippen molar-refractivity contribution in [3.05, 3.63) is 53.6 Å². The highest BCUT2D eigenvalue weighted by molar-refractivity contribution is 5.82. The van der Waals surface area contributed by atoms with Crippen LogP contribution in [-0.4, -0.2) is 62.7 Å². The van der Waals surface area contributed by atoms with Gasteiger partial charge in [-0.3, -0.25) is 4.79 Å². The standard InChI is InChI=1S/C28H42N2O6/c1-8-34-25(35-9-2)19-30(18-21-11-10-12-24(32-6)26(21)33-7)27(31)23(29)17-20-13-15-22(16-14-20)36-28(3,4)5/h10-16,23,25H,8-9,17-19,29H2,1-7H3. The van der Waals surface area contributed by atoms with Crippen molar-refractivity contribution in [1.29, 1.82) is 0 Å². The van der Waals surface area contributed by atoms with Crippen molar-refractivity contribution in [1.82, 2.24) is 4.90 Å². The lowest BCUT2D eigenvalue weighted by atomic mass is 10.0. The predicted octanol–water partition coefficient (Wildman–Crippen LogP) is 4.18. The van der Waals surface area contributed by atoms with E-state index < -0.39 is 12.3 Å². The maximum Gasteiger partial charge on any atom is 0.240 e. The number of amides is 1. The predicted molar refractivity (Wildman–Crippen MR) is 141 cm³/mol. The number of para-hydroxylation sites is 1. The number of hydrogen-bond donors (Lipinski definition) is 1. The van der Waals surface area contributed by atoms with Gasteiger partial charge in [0.15, 0.2) is 17.8 Å². The third-order valence-corrected chi connectivity index (χ3v) is 5.35. The molecule has 8 heteroatoms. The summed E-state index contributed by atoms with van der Waals surface area (Å²) < 4.78 is 28.4.